The molecule has 0 aliphatic carbocycles. The summed E-state index contributed by atoms with van der Waals surface area (Å²) in [5, 5.41) is 3.20. The van der Waals surface area contributed by atoms with Crippen molar-refractivity contribution in [3.8, 4) is 11.1 Å². The zero-order valence-electron chi connectivity index (χ0n) is 11.5. The smallest absolute Gasteiger partial charge is 0.131 e. The van der Waals surface area contributed by atoms with E-state index in [2.05, 4.69) is 24.4 Å². The molecular weight excluding hydrogens is 237 g/mol. The molecule has 2 rings (SSSR count). The standard InChI is InChI=1S/C17H20FN/c1-3-13-5-8-15(9-6-13)16-10-7-14(11-17(16)18)12-19-4-2/h5-11,19H,3-4,12H2,1-2H3. The molecule has 2 aromatic carbocycles. The number of hydrogen-bond acceptors (Lipinski definition) is 1. The van der Waals surface area contributed by atoms with Crippen molar-refractivity contribution in [1.29, 1.82) is 0 Å². The largest absolute Gasteiger partial charge is 0.313 e. The lowest BCUT2D eigenvalue weighted by Crippen LogP contribution is -2.11. The molecule has 1 nitrogen and oxygen atoms in total. The van der Waals surface area contributed by atoms with E-state index < -0.39 is 0 Å². The van der Waals surface area contributed by atoms with Gasteiger partial charge in [-0.2, -0.15) is 0 Å². The van der Waals surface area contributed by atoms with E-state index in [1.165, 1.54) is 5.56 Å². The first-order chi connectivity index (χ1) is 9.24. The van der Waals surface area contributed by atoms with Crippen LogP contribution in [0.1, 0.15) is 25.0 Å². The van der Waals surface area contributed by atoms with Gasteiger partial charge in [-0.15, -0.1) is 0 Å². The first-order valence-electron chi connectivity index (χ1n) is 6.83. The van der Waals surface area contributed by atoms with Crippen LogP contribution in [0.25, 0.3) is 11.1 Å². The second-order valence-corrected chi connectivity index (χ2v) is 4.65. The van der Waals surface area contributed by atoms with Crippen LogP contribution in [0.3, 0.4) is 0 Å². The van der Waals surface area contributed by atoms with Crippen LogP contribution in [0.2, 0.25) is 0 Å². The highest BCUT2D eigenvalue weighted by Gasteiger charge is 2.06. The summed E-state index contributed by atoms with van der Waals surface area (Å²) in [6.07, 6.45) is 1.00. The molecule has 2 heteroatoms. The highest BCUT2D eigenvalue weighted by Crippen LogP contribution is 2.24. The number of aryl methyl sites for hydroxylation is 1. The Morgan fingerprint density at radius 1 is 0.947 bits per heavy atom. The first-order valence-corrected chi connectivity index (χ1v) is 6.83. The fourth-order valence-electron chi connectivity index (χ4n) is 2.09. The molecule has 19 heavy (non-hydrogen) atoms. The van der Waals surface area contributed by atoms with Crippen molar-refractivity contribution in [2.24, 2.45) is 0 Å². The van der Waals surface area contributed by atoms with Crippen molar-refractivity contribution in [1.82, 2.24) is 5.32 Å². The van der Waals surface area contributed by atoms with E-state index in [0.717, 1.165) is 24.1 Å². The summed E-state index contributed by atoms with van der Waals surface area (Å²) >= 11 is 0. The summed E-state index contributed by atoms with van der Waals surface area (Å²) < 4.78 is 14.1. The maximum Gasteiger partial charge on any atom is 0.131 e. The first kappa shape index (κ1) is 13.8. The van der Waals surface area contributed by atoms with Gasteiger partial charge in [-0.1, -0.05) is 50.2 Å². The molecule has 0 aliphatic rings. The fraction of sp³-hybridized carbons (Fsp3) is 0.294. The minimum Gasteiger partial charge on any atom is -0.313 e. The van der Waals surface area contributed by atoms with Crippen LogP contribution in [0, 0.1) is 5.82 Å². The Kier molecular flexibility index (Phi) is 4.69. The molecule has 0 fully saturated rings. The molecular formula is C17H20FN. The second-order valence-electron chi connectivity index (χ2n) is 4.65. The van der Waals surface area contributed by atoms with Crippen LogP contribution in [-0.4, -0.2) is 6.54 Å². The lowest BCUT2D eigenvalue weighted by molar-refractivity contribution is 0.625. The highest BCUT2D eigenvalue weighted by molar-refractivity contribution is 5.64. The lowest BCUT2D eigenvalue weighted by Gasteiger charge is -2.08. The van der Waals surface area contributed by atoms with Crippen LogP contribution in [0.5, 0.6) is 0 Å². The predicted octanol–water partition coefficient (Wildman–Crippen LogP) is 4.16. The van der Waals surface area contributed by atoms with Gasteiger partial charge in [0.1, 0.15) is 5.82 Å². The predicted molar refractivity (Wildman–Crippen MR) is 78.6 cm³/mol. The van der Waals surface area contributed by atoms with Crippen molar-refractivity contribution < 1.29 is 4.39 Å². The molecule has 0 aromatic heterocycles. The quantitative estimate of drug-likeness (QED) is 0.848. The molecule has 0 atom stereocenters. The van der Waals surface area contributed by atoms with E-state index >= 15 is 0 Å². The topological polar surface area (TPSA) is 12.0 Å². The molecule has 0 amide bonds. The summed E-state index contributed by atoms with van der Waals surface area (Å²) in [6.45, 7) is 5.76. The maximum absolute atomic E-state index is 14.1. The minimum atomic E-state index is -0.153. The van der Waals surface area contributed by atoms with Crippen LogP contribution < -0.4 is 5.32 Å². The van der Waals surface area contributed by atoms with Gasteiger partial charge in [0, 0.05) is 12.1 Å². The molecule has 0 spiro atoms. The summed E-state index contributed by atoms with van der Waals surface area (Å²) in [5.41, 5.74) is 3.86. The van der Waals surface area contributed by atoms with Gasteiger partial charge < -0.3 is 5.32 Å². The van der Waals surface area contributed by atoms with Gasteiger partial charge in [0.15, 0.2) is 0 Å². The molecule has 0 aliphatic heterocycles. The molecule has 0 radical (unpaired) electrons. The number of rotatable bonds is 5. The third kappa shape index (κ3) is 3.42. The number of nitrogens with one attached hydrogen (secondary N) is 1. The van der Waals surface area contributed by atoms with E-state index in [4.69, 9.17) is 0 Å². The summed E-state index contributed by atoms with van der Waals surface area (Å²) in [6, 6.07) is 13.6. The van der Waals surface area contributed by atoms with Gasteiger partial charge in [0.25, 0.3) is 0 Å². The fourth-order valence-corrected chi connectivity index (χ4v) is 2.09. The third-order valence-corrected chi connectivity index (χ3v) is 3.29. The van der Waals surface area contributed by atoms with Gasteiger partial charge in [-0.3, -0.25) is 0 Å². The number of halogens is 1. The van der Waals surface area contributed by atoms with Gasteiger partial charge in [0.05, 0.1) is 0 Å². The molecule has 0 saturated heterocycles. The Morgan fingerprint density at radius 3 is 2.21 bits per heavy atom. The third-order valence-electron chi connectivity index (χ3n) is 3.29. The molecule has 100 valence electrons. The van der Waals surface area contributed by atoms with Gasteiger partial charge >= 0.3 is 0 Å². The van der Waals surface area contributed by atoms with Gasteiger partial charge in [-0.05, 0) is 35.7 Å². The highest BCUT2D eigenvalue weighted by atomic mass is 19.1. The van der Waals surface area contributed by atoms with Crippen molar-refractivity contribution in [3.63, 3.8) is 0 Å². The van der Waals surface area contributed by atoms with E-state index in [-0.39, 0.29) is 5.82 Å². The van der Waals surface area contributed by atoms with E-state index in [0.29, 0.717) is 12.1 Å². The molecule has 0 saturated carbocycles. The number of hydrogen-bond donors (Lipinski definition) is 1. The average molecular weight is 257 g/mol. The van der Waals surface area contributed by atoms with Crippen molar-refractivity contribution in [3.05, 3.63) is 59.4 Å². The average Bonchev–Trinajstić information content (AvgIpc) is 2.45. The lowest BCUT2D eigenvalue weighted by atomic mass is 10.0. The van der Waals surface area contributed by atoms with Crippen LogP contribution in [0.15, 0.2) is 42.5 Å². The second kappa shape index (κ2) is 6.48. The van der Waals surface area contributed by atoms with Crippen LogP contribution in [-0.2, 0) is 13.0 Å². The Bertz CT molecular complexity index is 531. The Labute approximate surface area is 114 Å². The molecule has 0 heterocycles. The zero-order chi connectivity index (χ0) is 13.7. The molecule has 0 unspecified atom stereocenters. The van der Waals surface area contributed by atoms with Crippen molar-refractivity contribution in [2.75, 3.05) is 6.54 Å². The van der Waals surface area contributed by atoms with Gasteiger partial charge in [-0.25, -0.2) is 4.39 Å². The summed E-state index contributed by atoms with van der Waals surface area (Å²) in [4.78, 5) is 0. The van der Waals surface area contributed by atoms with Crippen LogP contribution >= 0.6 is 0 Å². The molecule has 2 aromatic rings. The van der Waals surface area contributed by atoms with Crippen molar-refractivity contribution in [2.45, 2.75) is 26.8 Å². The molecule has 0 bridgehead atoms. The van der Waals surface area contributed by atoms with Crippen molar-refractivity contribution >= 4 is 0 Å². The molecule has 1 N–H and O–H groups in total. The maximum atomic E-state index is 14.1. The number of benzene rings is 2. The summed E-state index contributed by atoms with van der Waals surface area (Å²) in [7, 11) is 0. The Morgan fingerprint density at radius 2 is 1.63 bits per heavy atom. The van der Waals surface area contributed by atoms with E-state index in [1.54, 1.807) is 6.07 Å². The van der Waals surface area contributed by atoms with Crippen LogP contribution in [0.4, 0.5) is 4.39 Å². The summed E-state index contributed by atoms with van der Waals surface area (Å²) in [5.74, 6) is -0.153. The zero-order valence-corrected chi connectivity index (χ0v) is 11.5. The van der Waals surface area contributed by atoms with E-state index in [1.807, 2.05) is 31.2 Å². The minimum absolute atomic E-state index is 0.153. The normalized spacial score (nSPS) is 10.7. The Hall–Kier alpha value is -1.67. The monoisotopic (exact) mass is 257 g/mol. The van der Waals surface area contributed by atoms with Gasteiger partial charge in [0.2, 0.25) is 0 Å². The van der Waals surface area contributed by atoms with E-state index in [9.17, 15) is 4.39 Å². The Balaban J connectivity index is 2.24. The SMILES string of the molecule is CCNCc1ccc(-c2ccc(CC)cc2)c(F)c1.